The Labute approximate surface area is 168 Å². The number of alkyl halides is 3. The molecular weight excluding hydrogens is 405 g/mol. The van der Waals surface area contributed by atoms with E-state index in [-0.39, 0.29) is 5.01 Å². The molecule has 1 aliphatic carbocycles. The monoisotopic (exact) mass is 424 g/mol. The molecule has 10 heteroatoms. The molecule has 1 aliphatic rings. The summed E-state index contributed by atoms with van der Waals surface area (Å²) in [5.41, 5.74) is 0.0137. The maximum absolute atomic E-state index is 12.7. The van der Waals surface area contributed by atoms with E-state index in [1.165, 1.54) is 26.4 Å². The average Bonchev–Trinajstić information content (AvgIpc) is 3.35. The molecule has 1 N–H and O–H groups in total. The number of benzene rings is 1. The molecule has 0 spiro atoms. The molecule has 0 unspecified atom stereocenters. The summed E-state index contributed by atoms with van der Waals surface area (Å²) < 4.78 is 45.5. The number of rotatable bonds is 4. The molecule has 0 radical (unpaired) electrons. The zero-order valence-corrected chi connectivity index (χ0v) is 16.4. The summed E-state index contributed by atoms with van der Waals surface area (Å²) in [6.45, 7) is 0. The molecule has 6 nitrogen and oxygen atoms in total. The van der Waals surface area contributed by atoms with Crippen LogP contribution in [0.3, 0.4) is 0 Å². The van der Waals surface area contributed by atoms with Crippen LogP contribution >= 0.6 is 11.3 Å². The summed E-state index contributed by atoms with van der Waals surface area (Å²) in [6.07, 6.45) is 3.12. The number of ether oxygens (including phenoxy) is 1. The minimum absolute atomic E-state index is 0.266. The van der Waals surface area contributed by atoms with Gasteiger partial charge in [0.05, 0.1) is 24.4 Å². The Bertz CT molecular complexity index is 1040. The van der Waals surface area contributed by atoms with Crippen molar-refractivity contribution < 1.29 is 22.7 Å². The van der Waals surface area contributed by atoms with E-state index < -0.39 is 17.8 Å². The van der Waals surface area contributed by atoms with Gasteiger partial charge < -0.3 is 10.1 Å². The van der Waals surface area contributed by atoms with E-state index in [2.05, 4.69) is 15.4 Å². The van der Waals surface area contributed by atoms with Crippen LogP contribution in [-0.2, 0) is 6.18 Å². The number of halogens is 3. The molecule has 2 aromatic heterocycles. The SMILES string of the molecule is COc1cc2nn(C3CCCCC3)cc2cc1NC(=O)c1nc(C(F)(F)F)cs1. The maximum Gasteiger partial charge on any atom is 0.434 e. The van der Waals surface area contributed by atoms with E-state index in [1.807, 2.05) is 10.9 Å². The lowest BCUT2D eigenvalue weighted by Gasteiger charge is -2.21. The summed E-state index contributed by atoms with van der Waals surface area (Å²) in [4.78, 5) is 15.8. The van der Waals surface area contributed by atoms with Gasteiger partial charge in [-0.05, 0) is 18.9 Å². The van der Waals surface area contributed by atoms with E-state index in [1.54, 1.807) is 12.1 Å². The largest absolute Gasteiger partial charge is 0.494 e. The predicted molar refractivity (Wildman–Crippen MR) is 103 cm³/mol. The highest BCUT2D eigenvalue weighted by molar-refractivity contribution is 7.11. The van der Waals surface area contributed by atoms with Crippen LogP contribution in [0.1, 0.15) is 53.6 Å². The van der Waals surface area contributed by atoms with Crippen LogP contribution in [0, 0.1) is 0 Å². The average molecular weight is 424 g/mol. The van der Waals surface area contributed by atoms with E-state index in [9.17, 15) is 18.0 Å². The number of carbonyl (C=O) groups excluding carboxylic acids is 1. The zero-order valence-electron chi connectivity index (χ0n) is 15.6. The van der Waals surface area contributed by atoms with Crippen molar-refractivity contribution in [3.05, 3.63) is 34.4 Å². The Morgan fingerprint density at radius 2 is 2.03 bits per heavy atom. The quantitative estimate of drug-likeness (QED) is 0.619. The van der Waals surface area contributed by atoms with Crippen molar-refractivity contribution in [2.24, 2.45) is 0 Å². The number of anilines is 1. The van der Waals surface area contributed by atoms with Crippen molar-refractivity contribution in [1.82, 2.24) is 14.8 Å². The van der Waals surface area contributed by atoms with Gasteiger partial charge in [0.1, 0.15) is 5.75 Å². The summed E-state index contributed by atoms with van der Waals surface area (Å²) in [5, 5.41) is 8.62. The van der Waals surface area contributed by atoms with Crippen molar-refractivity contribution in [1.29, 1.82) is 0 Å². The summed E-state index contributed by atoms with van der Waals surface area (Å²) in [6, 6.07) is 3.79. The van der Waals surface area contributed by atoms with E-state index in [0.717, 1.165) is 29.1 Å². The summed E-state index contributed by atoms with van der Waals surface area (Å²) in [7, 11) is 1.46. The lowest BCUT2D eigenvalue weighted by molar-refractivity contribution is -0.140. The van der Waals surface area contributed by atoms with Crippen LogP contribution < -0.4 is 10.1 Å². The fourth-order valence-corrected chi connectivity index (χ4v) is 4.27. The van der Waals surface area contributed by atoms with Gasteiger partial charge in [-0.15, -0.1) is 11.3 Å². The lowest BCUT2D eigenvalue weighted by Crippen LogP contribution is -2.13. The Hall–Kier alpha value is -2.62. The van der Waals surface area contributed by atoms with Crippen molar-refractivity contribution >= 4 is 33.8 Å². The third-order valence-electron chi connectivity index (χ3n) is 5.03. The van der Waals surface area contributed by atoms with E-state index in [4.69, 9.17) is 4.74 Å². The number of carbonyl (C=O) groups is 1. The van der Waals surface area contributed by atoms with Gasteiger partial charge in [-0.3, -0.25) is 9.48 Å². The van der Waals surface area contributed by atoms with Crippen LogP contribution in [0.5, 0.6) is 5.75 Å². The first kappa shape index (κ1) is 19.7. The van der Waals surface area contributed by atoms with Crippen molar-refractivity contribution in [3.8, 4) is 5.75 Å². The van der Waals surface area contributed by atoms with Gasteiger partial charge in [0.2, 0.25) is 0 Å². The second-order valence-electron chi connectivity index (χ2n) is 7.00. The number of hydrogen-bond donors (Lipinski definition) is 1. The number of amides is 1. The lowest BCUT2D eigenvalue weighted by atomic mass is 9.96. The maximum atomic E-state index is 12.7. The molecule has 1 amide bonds. The Balaban J connectivity index is 1.60. The molecule has 0 atom stereocenters. The third kappa shape index (κ3) is 4.07. The first-order chi connectivity index (χ1) is 13.8. The van der Waals surface area contributed by atoms with Gasteiger partial charge in [0.25, 0.3) is 5.91 Å². The first-order valence-corrected chi connectivity index (χ1v) is 10.1. The predicted octanol–water partition coefficient (Wildman–Crippen LogP) is 5.28. The smallest absolute Gasteiger partial charge is 0.434 e. The molecule has 1 saturated carbocycles. The Morgan fingerprint density at radius 1 is 1.28 bits per heavy atom. The molecule has 0 bridgehead atoms. The molecule has 29 heavy (non-hydrogen) atoms. The molecular formula is C19H19F3N4O2S. The standard InChI is InChI=1S/C19H19F3N4O2S/c1-28-15-8-13-11(9-26(25-13)12-5-3-2-4-6-12)7-14(15)23-17(27)18-24-16(10-29-18)19(20,21)22/h7-10,12H,2-6H2,1H3,(H,23,27). The molecule has 3 aromatic rings. The number of thiazole rings is 1. The van der Waals surface area contributed by atoms with Crippen LogP contribution in [0.15, 0.2) is 23.7 Å². The minimum Gasteiger partial charge on any atom is -0.494 e. The van der Waals surface area contributed by atoms with Crippen LogP contribution in [0.4, 0.5) is 18.9 Å². The van der Waals surface area contributed by atoms with Crippen LogP contribution in [0.2, 0.25) is 0 Å². The van der Waals surface area contributed by atoms with E-state index >= 15 is 0 Å². The van der Waals surface area contributed by atoms with Gasteiger partial charge in [-0.25, -0.2) is 4.98 Å². The molecule has 0 saturated heterocycles. The third-order valence-corrected chi connectivity index (χ3v) is 5.87. The Kier molecular flexibility index (Phi) is 5.20. The minimum atomic E-state index is -4.58. The first-order valence-electron chi connectivity index (χ1n) is 9.26. The number of nitrogens with zero attached hydrogens (tertiary/aromatic N) is 3. The number of aromatic nitrogens is 3. The van der Waals surface area contributed by atoms with Crippen molar-refractivity contribution in [2.45, 2.75) is 44.3 Å². The normalized spacial score (nSPS) is 15.6. The van der Waals surface area contributed by atoms with Gasteiger partial charge >= 0.3 is 6.18 Å². The van der Waals surface area contributed by atoms with Crippen molar-refractivity contribution in [3.63, 3.8) is 0 Å². The van der Waals surface area contributed by atoms with Gasteiger partial charge in [0.15, 0.2) is 10.7 Å². The van der Waals surface area contributed by atoms with Crippen LogP contribution in [0.25, 0.3) is 10.9 Å². The number of fused-ring (bicyclic) bond motifs is 1. The number of methoxy groups -OCH3 is 1. The highest BCUT2D eigenvalue weighted by Crippen LogP contribution is 2.34. The second-order valence-corrected chi connectivity index (χ2v) is 7.86. The van der Waals surface area contributed by atoms with Gasteiger partial charge in [0, 0.05) is 23.0 Å². The topological polar surface area (TPSA) is 69.0 Å². The zero-order chi connectivity index (χ0) is 20.6. The Morgan fingerprint density at radius 3 is 2.69 bits per heavy atom. The molecule has 1 aromatic carbocycles. The molecule has 1 fully saturated rings. The summed E-state index contributed by atoms with van der Waals surface area (Å²) >= 11 is 0.643. The van der Waals surface area contributed by atoms with Gasteiger partial charge in [-0.2, -0.15) is 18.3 Å². The second kappa shape index (κ2) is 7.66. The highest BCUT2D eigenvalue weighted by atomic mass is 32.1. The van der Waals surface area contributed by atoms with Crippen LogP contribution in [-0.4, -0.2) is 27.8 Å². The fraction of sp³-hybridized carbons (Fsp3) is 0.421. The fourth-order valence-electron chi connectivity index (χ4n) is 3.55. The molecule has 2 heterocycles. The highest BCUT2D eigenvalue weighted by Gasteiger charge is 2.34. The molecule has 0 aliphatic heterocycles. The molecule has 4 rings (SSSR count). The summed E-state index contributed by atoms with van der Waals surface area (Å²) in [5.74, 6) is -0.338. The van der Waals surface area contributed by atoms with Crippen molar-refractivity contribution in [2.75, 3.05) is 12.4 Å². The number of nitrogens with one attached hydrogen (secondary N) is 1. The van der Waals surface area contributed by atoms with E-state index in [0.29, 0.717) is 28.8 Å². The molecule has 154 valence electrons. The van der Waals surface area contributed by atoms with Gasteiger partial charge in [-0.1, -0.05) is 19.3 Å². The number of hydrogen-bond acceptors (Lipinski definition) is 5.